The van der Waals surface area contributed by atoms with E-state index in [4.69, 9.17) is 28.4 Å². The average molecular weight is 709 g/mol. The van der Waals surface area contributed by atoms with Crippen molar-refractivity contribution in [1.29, 1.82) is 0 Å². The minimum atomic E-state index is -0.343. The van der Waals surface area contributed by atoms with Gasteiger partial charge in [-0.3, -0.25) is 9.59 Å². The molecule has 0 unspecified atom stereocenters. The summed E-state index contributed by atoms with van der Waals surface area (Å²) in [6.45, 7) is 5.68. The van der Waals surface area contributed by atoms with Gasteiger partial charge in [-0.15, -0.1) is 0 Å². The second-order valence-electron chi connectivity index (χ2n) is 11.9. The third-order valence-electron chi connectivity index (χ3n) is 8.14. The first-order valence-corrected chi connectivity index (χ1v) is 16.9. The van der Waals surface area contributed by atoms with Crippen LogP contribution in [0.1, 0.15) is 20.7 Å². The third-order valence-corrected chi connectivity index (χ3v) is 8.14. The number of phenolic OH excluding ortho intramolecular Hbond substituents is 2. The smallest absolute Gasteiger partial charge is 0.251 e. The molecule has 0 saturated heterocycles. The highest BCUT2D eigenvalue weighted by molar-refractivity contribution is 5.99. The highest BCUT2D eigenvalue weighted by Gasteiger charge is 2.19. The molecule has 5 aromatic carbocycles. The number of carbonyl (C=O) groups excluding carboxylic acids is 2. The van der Waals surface area contributed by atoms with Gasteiger partial charge < -0.3 is 49.3 Å². The Morgan fingerprint density at radius 2 is 1.00 bits per heavy atom. The largest absolute Gasteiger partial charge is 0.502 e. The fraction of sp³-hybridized carbons (Fsp3) is 0.250. The van der Waals surface area contributed by atoms with E-state index >= 15 is 0 Å². The van der Waals surface area contributed by atoms with Crippen molar-refractivity contribution in [2.24, 2.45) is 0 Å². The SMILES string of the molecule is C=C1COc2c(O)c(cc3ccccc23)OCCOCCNC(=O)c2cccc(c2)C(=O)NCCOCCOc2cc3ccccc3c(c2O)OC1. The van der Waals surface area contributed by atoms with E-state index in [1.807, 2.05) is 48.5 Å². The van der Waals surface area contributed by atoms with E-state index in [0.717, 1.165) is 10.8 Å². The van der Waals surface area contributed by atoms with E-state index in [-0.39, 0.29) is 112 Å². The molecular weight excluding hydrogens is 668 g/mol. The van der Waals surface area contributed by atoms with E-state index < -0.39 is 0 Å². The van der Waals surface area contributed by atoms with Crippen LogP contribution in [0, 0.1) is 0 Å². The molecular formula is C40H40N2O10. The van der Waals surface area contributed by atoms with Crippen LogP contribution in [0.2, 0.25) is 0 Å². The number of nitrogens with one attached hydrogen (secondary N) is 2. The predicted octanol–water partition coefficient (Wildman–Crippen LogP) is 5.38. The molecule has 2 amide bonds. The number of rotatable bonds is 0. The second kappa shape index (κ2) is 17.3. The van der Waals surface area contributed by atoms with E-state index in [9.17, 15) is 19.8 Å². The van der Waals surface area contributed by atoms with Gasteiger partial charge in [0.2, 0.25) is 11.5 Å². The van der Waals surface area contributed by atoms with Gasteiger partial charge in [0.25, 0.3) is 11.8 Å². The first kappa shape index (κ1) is 35.8. The molecule has 0 atom stereocenters. The predicted molar refractivity (Wildman–Crippen MR) is 195 cm³/mol. The second-order valence-corrected chi connectivity index (χ2v) is 11.9. The molecule has 5 aromatic rings. The van der Waals surface area contributed by atoms with Crippen LogP contribution in [0.3, 0.4) is 0 Å². The fourth-order valence-corrected chi connectivity index (χ4v) is 5.56. The van der Waals surface area contributed by atoms with Gasteiger partial charge in [0, 0.05) is 35.0 Å². The van der Waals surface area contributed by atoms with E-state index in [0.29, 0.717) is 27.5 Å². The topological polar surface area (TPSA) is 154 Å². The number of hydrogen-bond donors (Lipinski definition) is 4. The van der Waals surface area contributed by atoms with Crippen molar-refractivity contribution < 1.29 is 48.2 Å². The zero-order valence-electron chi connectivity index (χ0n) is 28.5. The summed E-state index contributed by atoms with van der Waals surface area (Å²) in [7, 11) is 0. The summed E-state index contributed by atoms with van der Waals surface area (Å²) >= 11 is 0. The minimum Gasteiger partial charge on any atom is -0.502 e. The van der Waals surface area contributed by atoms with Gasteiger partial charge in [-0.1, -0.05) is 61.2 Å². The Hall–Kier alpha value is -5.98. The maximum Gasteiger partial charge on any atom is 0.251 e. The lowest BCUT2D eigenvalue weighted by molar-refractivity contribution is 0.0862. The summed E-state index contributed by atoms with van der Waals surface area (Å²) in [4.78, 5) is 25.4. The van der Waals surface area contributed by atoms with E-state index in [1.165, 1.54) is 6.07 Å². The average Bonchev–Trinajstić information content (AvgIpc) is 3.16. The van der Waals surface area contributed by atoms with Crippen LogP contribution in [0.15, 0.2) is 97.1 Å². The molecule has 1 aliphatic rings. The number of aromatic hydroxyl groups is 2. The Morgan fingerprint density at radius 3 is 1.48 bits per heavy atom. The van der Waals surface area contributed by atoms with Crippen molar-refractivity contribution >= 4 is 33.4 Å². The summed E-state index contributed by atoms with van der Waals surface area (Å²) in [5, 5.41) is 30.9. The summed E-state index contributed by atoms with van der Waals surface area (Å²) in [5.41, 5.74) is 1.21. The lowest BCUT2D eigenvalue weighted by atomic mass is 10.1. The molecule has 4 N–H and O–H groups in total. The minimum absolute atomic E-state index is 0.00676. The van der Waals surface area contributed by atoms with E-state index in [2.05, 4.69) is 17.2 Å². The zero-order valence-corrected chi connectivity index (χ0v) is 28.5. The van der Waals surface area contributed by atoms with Gasteiger partial charge in [0.1, 0.15) is 26.4 Å². The Morgan fingerprint density at radius 1 is 0.538 bits per heavy atom. The number of phenols is 2. The van der Waals surface area contributed by atoms with Crippen LogP contribution < -0.4 is 29.6 Å². The molecule has 0 spiro atoms. The zero-order chi connectivity index (χ0) is 36.3. The van der Waals surface area contributed by atoms with Crippen molar-refractivity contribution in [3.05, 3.63) is 108 Å². The van der Waals surface area contributed by atoms with Crippen LogP contribution in [0.4, 0.5) is 0 Å². The quantitative estimate of drug-likeness (QED) is 0.154. The molecule has 52 heavy (non-hydrogen) atoms. The van der Waals surface area contributed by atoms with Gasteiger partial charge >= 0.3 is 0 Å². The summed E-state index contributed by atoms with van der Waals surface area (Å²) < 4.78 is 35.2. The number of carbonyl (C=O) groups is 2. The van der Waals surface area contributed by atoms with Crippen LogP contribution in [-0.2, 0) is 9.47 Å². The monoisotopic (exact) mass is 708 g/mol. The van der Waals surface area contributed by atoms with Crippen molar-refractivity contribution in [3.8, 4) is 34.5 Å². The Labute approximate surface area is 300 Å². The summed E-state index contributed by atoms with van der Waals surface area (Å²) in [5.74, 6) is -0.144. The van der Waals surface area contributed by atoms with Crippen LogP contribution in [0.5, 0.6) is 34.5 Å². The maximum atomic E-state index is 12.7. The lowest BCUT2D eigenvalue weighted by Crippen LogP contribution is -2.29. The van der Waals surface area contributed by atoms with Gasteiger partial charge in [-0.2, -0.15) is 0 Å². The van der Waals surface area contributed by atoms with Gasteiger partial charge in [-0.25, -0.2) is 0 Å². The first-order valence-electron chi connectivity index (χ1n) is 16.9. The maximum absolute atomic E-state index is 12.7. The highest BCUT2D eigenvalue weighted by atomic mass is 16.5. The third kappa shape index (κ3) is 8.84. The standard InChI is InChI=1S/C40H40N2O10/c1-26-24-51-37-31-11-4-2-7-27(31)22-33(35(37)43)49-19-17-47-15-13-41-39(45)29-9-6-10-30(21-29)40(46)42-14-16-48-18-20-50-34-23-28-8-3-5-12-32(28)38(36(34)44)52-25-26/h2-12,21-23,43-44H,1,13-20,24-25H2,(H,41,45)(H,42,46). The number of hydrogen-bond acceptors (Lipinski definition) is 10. The fourth-order valence-electron chi connectivity index (χ4n) is 5.56. The summed E-state index contributed by atoms with van der Waals surface area (Å²) in [6.07, 6.45) is 0. The Bertz CT molecular complexity index is 1920. The van der Waals surface area contributed by atoms with Crippen molar-refractivity contribution in [3.63, 3.8) is 0 Å². The Kier molecular flexibility index (Phi) is 11.9. The van der Waals surface area contributed by atoms with Gasteiger partial charge in [0.05, 0.1) is 26.4 Å². The van der Waals surface area contributed by atoms with Crippen LogP contribution in [-0.4, -0.2) is 88.0 Å². The molecule has 0 saturated carbocycles. The number of amides is 2. The molecule has 12 nitrogen and oxygen atoms in total. The summed E-state index contributed by atoms with van der Waals surface area (Å²) in [6, 6.07) is 24.7. The molecule has 12 heteroatoms. The number of ether oxygens (including phenoxy) is 6. The van der Waals surface area contributed by atoms with E-state index in [1.54, 1.807) is 30.3 Å². The number of fused-ring (bicyclic) bond motifs is 10. The number of benzene rings is 5. The molecule has 270 valence electrons. The molecule has 1 aliphatic heterocycles. The molecule has 1 heterocycles. The van der Waals surface area contributed by atoms with Crippen molar-refractivity contribution in [1.82, 2.24) is 10.6 Å². The van der Waals surface area contributed by atoms with Crippen LogP contribution in [0.25, 0.3) is 21.5 Å². The van der Waals surface area contributed by atoms with Crippen LogP contribution >= 0.6 is 0 Å². The molecule has 0 aliphatic carbocycles. The molecule has 0 fully saturated rings. The van der Waals surface area contributed by atoms with Gasteiger partial charge in [0.15, 0.2) is 23.0 Å². The molecule has 6 bridgehead atoms. The van der Waals surface area contributed by atoms with Gasteiger partial charge in [-0.05, 0) is 46.7 Å². The molecule has 0 aromatic heterocycles. The van der Waals surface area contributed by atoms with Crippen molar-refractivity contribution in [2.45, 2.75) is 0 Å². The molecule has 6 rings (SSSR count). The van der Waals surface area contributed by atoms with Crippen molar-refractivity contribution in [2.75, 3.05) is 65.9 Å². The highest BCUT2D eigenvalue weighted by Crippen LogP contribution is 2.44. The first-order chi connectivity index (χ1) is 25.4. The Balaban J connectivity index is 1.19. The lowest BCUT2D eigenvalue weighted by Gasteiger charge is -2.18. The normalized spacial score (nSPS) is 16.0. The molecule has 0 radical (unpaired) electrons.